The van der Waals surface area contributed by atoms with Gasteiger partial charge in [0.25, 0.3) is 0 Å². The number of hydrogen-bond donors (Lipinski definition) is 2. The van der Waals surface area contributed by atoms with Crippen molar-refractivity contribution < 1.29 is 0 Å². The van der Waals surface area contributed by atoms with E-state index in [0.717, 1.165) is 47.2 Å². The Balaban J connectivity index is 2.17. The molecular weight excluding hydrogens is 284 g/mol. The molecule has 0 spiro atoms. The van der Waals surface area contributed by atoms with Crippen LogP contribution in [0.25, 0.3) is 0 Å². The second-order valence-electron chi connectivity index (χ2n) is 5.04. The molecule has 0 amide bonds. The first kappa shape index (κ1) is 15.6. The summed E-state index contributed by atoms with van der Waals surface area (Å²) in [4.78, 5) is 8.89. The van der Waals surface area contributed by atoms with Gasteiger partial charge < -0.3 is 10.6 Å². The third kappa shape index (κ3) is 4.33. The van der Waals surface area contributed by atoms with E-state index in [0.29, 0.717) is 5.95 Å². The minimum Gasteiger partial charge on any atom is -0.354 e. The van der Waals surface area contributed by atoms with Crippen molar-refractivity contribution in [3.8, 4) is 0 Å². The number of hydrogen-bond acceptors (Lipinski definition) is 4. The first-order chi connectivity index (χ1) is 10.1. The topological polar surface area (TPSA) is 49.8 Å². The zero-order valence-corrected chi connectivity index (χ0v) is 13.5. The molecule has 2 aromatic rings. The van der Waals surface area contributed by atoms with Crippen LogP contribution in [0.5, 0.6) is 0 Å². The second-order valence-corrected chi connectivity index (χ2v) is 5.44. The Hall–Kier alpha value is -1.81. The molecule has 4 nitrogen and oxygen atoms in total. The molecule has 5 heteroatoms. The molecule has 1 aromatic heterocycles. The van der Waals surface area contributed by atoms with Crippen molar-refractivity contribution in [3.05, 3.63) is 40.5 Å². The molecule has 112 valence electrons. The summed E-state index contributed by atoms with van der Waals surface area (Å²) in [6.45, 7) is 6.99. The van der Waals surface area contributed by atoms with Gasteiger partial charge >= 0.3 is 0 Å². The van der Waals surface area contributed by atoms with Crippen molar-refractivity contribution in [2.24, 2.45) is 0 Å². The molecule has 0 aliphatic carbocycles. The van der Waals surface area contributed by atoms with Gasteiger partial charge in [-0.15, -0.1) is 0 Å². The SMILES string of the molecule is CCCCNc1nc(C)cc(Nc2cccc(Cl)c2C)n1. The van der Waals surface area contributed by atoms with E-state index in [9.17, 15) is 0 Å². The van der Waals surface area contributed by atoms with Gasteiger partial charge in [0.2, 0.25) is 5.95 Å². The summed E-state index contributed by atoms with van der Waals surface area (Å²) >= 11 is 6.14. The highest BCUT2D eigenvalue weighted by atomic mass is 35.5. The Morgan fingerprint density at radius 3 is 2.76 bits per heavy atom. The number of anilines is 3. The predicted octanol–water partition coefficient (Wildman–Crippen LogP) is 4.70. The minimum absolute atomic E-state index is 0.658. The van der Waals surface area contributed by atoms with Gasteiger partial charge in [-0.05, 0) is 38.0 Å². The van der Waals surface area contributed by atoms with Crippen molar-refractivity contribution in [1.82, 2.24) is 9.97 Å². The minimum atomic E-state index is 0.658. The fourth-order valence-corrected chi connectivity index (χ4v) is 2.14. The maximum atomic E-state index is 6.14. The molecule has 0 unspecified atom stereocenters. The summed E-state index contributed by atoms with van der Waals surface area (Å²) in [5.41, 5.74) is 2.89. The molecule has 0 saturated heterocycles. The van der Waals surface area contributed by atoms with Gasteiger partial charge in [-0.3, -0.25) is 0 Å². The van der Waals surface area contributed by atoms with Gasteiger partial charge in [0, 0.05) is 29.0 Å². The normalized spacial score (nSPS) is 10.5. The molecule has 1 heterocycles. The van der Waals surface area contributed by atoms with Crippen molar-refractivity contribution >= 4 is 29.1 Å². The summed E-state index contributed by atoms with van der Waals surface area (Å²) in [5.74, 6) is 1.43. The lowest BCUT2D eigenvalue weighted by atomic mass is 10.2. The molecule has 2 N–H and O–H groups in total. The highest BCUT2D eigenvalue weighted by Gasteiger charge is 2.06. The molecule has 1 aromatic carbocycles. The molecule has 0 fully saturated rings. The number of rotatable bonds is 6. The molecular formula is C16H21ClN4. The zero-order chi connectivity index (χ0) is 15.2. The highest BCUT2D eigenvalue weighted by molar-refractivity contribution is 6.31. The van der Waals surface area contributed by atoms with Gasteiger partial charge in [-0.25, -0.2) is 4.98 Å². The van der Waals surface area contributed by atoms with Crippen LogP contribution in [0.4, 0.5) is 17.5 Å². The molecule has 0 saturated carbocycles. The Morgan fingerprint density at radius 1 is 1.19 bits per heavy atom. The quantitative estimate of drug-likeness (QED) is 0.759. The number of aromatic nitrogens is 2. The van der Waals surface area contributed by atoms with Crippen LogP contribution in [0, 0.1) is 13.8 Å². The van der Waals surface area contributed by atoms with Crippen LogP contribution in [0.3, 0.4) is 0 Å². The summed E-state index contributed by atoms with van der Waals surface area (Å²) in [6, 6.07) is 7.71. The first-order valence-electron chi connectivity index (χ1n) is 7.22. The summed E-state index contributed by atoms with van der Waals surface area (Å²) in [7, 11) is 0. The molecule has 0 bridgehead atoms. The summed E-state index contributed by atoms with van der Waals surface area (Å²) in [6.07, 6.45) is 2.25. The maximum Gasteiger partial charge on any atom is 0.224 e. The number of halogens is 1. The Kier molecular flexibility index (Phi) is 5.39. The van der Waals surface area contributed by atoms with Crippen molar-refractivity contribution in [3.63, 3.8) is 0 Å². The van der Waals surface area contributed by atoms with Crippen LogP contribution >= 0.6 is 11.6 Å². The van der Waals surface area contributed by atoms with Crippen molar-refractivity contribution in [2.45, 2.75) is 33.6 Å². The van der Waals surface area contributed by atoms with Crippen LogP contribution in [0.15, 0.2) is 24.3 Å². The van der Waals surface area contributed by atoms with Crippen molar-refractivity contribution in [2.75, 3.05) is 17.2 Å². The van der Waals surface area contributed by atoms with E-state index in [4.69, 9.17) is 11.6 Å². The van der Waals surface area contributed by atoms with E-state index < -0.39 is 0 Å². The predicted molar refractivity (Wildman–Crippen MR) is 89.6 cm³/mol. The fourth-order valence-electron chi connectivity index (χ4n) is 1.97. The monoisotopic (exact) mass is 304 g/mol. The lowest BCUT2D eigenvalue weighted by molar-refractivity contribution is 0.825. The van der Waals surface area contributed by atoms with E-state index >= 15 is 0 Å². The van der Waals surface area contributed by atoms with E-state index in [-0.39, 0.29) is 0 Å². The van der Waals surface area contributed by atoms with Crippen LogP contribution in [0.2, 0.25) is 5.02 Å². The molecule has 21 heavy (non-hydrogen) atoms. The number of nitrogens with zero attached hydrogens (tertiary/aromatic N) is 2. The molecule has 0 radical (unpaired) electrons. The number of unbranched alkanes of at least 4 members (excludes halogenated alkanes) is 1. The number of aryl methyl sites for hydroxylation is 1. The lowest BCUT2D eigenvalue weighted by Crippen LogP contribution is -2.07. The standard InChI is InChI=1S/C16H21ClN4/c1-4-5-9-18-16-19-11(2)10-15(21-16)20-14-8-6-7-13(17)12(14)3/h6-8,10H,4-5,9H2,1-3H3,(H2,18,19,20,21). The summed E-state index contributed by atoms with van der Waals surface area (Å²) in [5, 5.41) is 7.30. The van der Waals surface area contributed by atoms with Crippen LogP contribution < -0.4 is 10.6 Å². The number of benzene rings is 1. The zero-order valence-electron chi connectivity index (χ0n) is 12.7. The van der Waals surface area contributed by atoms with Crippen LogP contribution in [-0.2, 0) is 0 Å². The second kappa shape index (κ2) is 7.27. The Labute approximate surface area is 131 Å². The molecule has 0 aliphatic rings. The van der Waals surface area contributed by atoms with Gasteiger partial charge in [0.05, 0.1) is 0 Å². The largest absolute Gasteiger partial charge is 0.354 e. The first-order valence-corrected chi connectivity index (χ1v) is 7.59. The summed E-state index contributed by atoms with van der Waals surface area (Å²) < 4.78 is 0. The lowest BCUT2D eigenvalue weighted by Gasteiger charge is -2.12. The maximum absolute atomic E-state index is 6.14. The molecule has 0 atom stereocenters. The fraction of sp³-hybridized carbons (Fsp3) is 0.375. The van der Waals surface area contributed by atoms with Gasteiger partial charge in [-0.2, -0.15) is 4.98 Å². The number of nitrogens with one attached hydrogen (secondary N) is 2. The smallest absolute Gasteiger partial charge is 0.224 e. The van der Waals surface area contributed by atoms with E-state index in [1.54, 1.807) is 0 Å². The van der Waals surface area contributed by atoms with E-state index in [2.05, 4.69) is 27.5 Å². The van der Waals surface area contributed by atoms with Crippen LogP contribution in [-0.4, -0.2) is 16.5 Å². The van der Waals surface area contributed by atoms with Gasteiger partial charge in [0.15, 0.2) is 0 Å². The Bertz CT molecular complexity index is 613. The molecule has 0 aliphatic heterocycles. The van der Waals surface area contributed by atoms with Gasteiger partial charge in [-0.1, -0.05) is 31.0 Å². The van der Waals surface area contributed by atoms with Gasteiger partial charge in [0.1, 0.15) is 5.82 Å². The third-order valence-corrected chi connectivity index (χ3v) is 3.61. The Morgan fingerprint density at radius 2 is 2.00 bits per heavy atom. The third-order valence-electron chi connectivity index (χ3n) is 3.20. The van der Waals surface area contributed by atoms with Crippen LogP contribution in [0.1, 0.15) is 31.0 Å². The van der Waals surface area contributed by atoms with E-state index in [1.165, 1.54) is 0 Å². The van der Waals surface area contributed by atoms with E-state index in [1.807, 2.05) is 38.1 Å². The average molecular weight is 305 g/mol. The molecule has 2 rings (SSSR count). The highest BCUT2D eigenvalue weighted by Crippen LogP contribution is 2.25. The van der Waals surface area contributed by atoms with Crippen molar-refractivity contribution in [1.29, 1.82) is 0 Å². The average Bonchev–Trinajstić information content (AvgIpc) is 2.44.